The summed E-state index contributed by atoms with van der Waals surface area (Å²) < 4.78 is 0. The maximum Gasteiger partial charge on any atom is 0.0714 e. The zero-order chi connectivity index (χ0) is 34.2. The highest BCUT2D eigenvalue weighted by Gasteiger charge is 2.46. The van der Waals surface area contributed by atoms with E-state index in [1.54, 1.807) is 0 Å². The lowest BCUT2D eigenvalue weighted by atomic mass is 9.67. The maximum atomic E-state index is 2.46. The minimum atomic E-state index is -0.464. The molecule has 0 atom stereocenters. The molecule has 0 aliphatic heterocycles. The Morgan fingerprint density at radius 1 is 0.333 bits per heavy atom. The molecule has 0 unspecified atom stereocenters. The van der Waals surface area contributed by atoms with Crippen molar-refractivity contribution in [1.82, 2.24) is 0 Å². The minimum absolute atomic E-state index is 0.0882. The number of benzene rings is 8. The fourth-order valence-electron chi connectivity index (χ4n) is 9.16. The normalized spacial score (nSPS) is 14.4. The second kappa shape index (κ2) is 11.2. The van der Waals surface area contributed by atoms with E-state index in [2.05, 4.69) is 207 Å². The summed E-state index contributed by atoms with van der Waals surface area (Å²) in [5.41, 5.74) is 16.0. The zero-order valence-electron chi connectivity index (χ0n) is 28.8. The topological polar surface area (TPSA) is 3.24 Å². The standard InChI is InChI=1S/C50H37N/c1-49(2)45-29-27-39(32-44(45)43-30-34-16-12-13-17-35(34)31-47(43)49)51(38-22-10-5-11-23-38)40-26-28-42-41-24-14-15-25-46(41)50(48(42)33-40,36-18-6-3-7-19-36)37-20-8-4-9-21-37/h3-33H,1-2H3. The van der Waals surface area contributed by atoms with E-state index >= 15 is 0 Å². The van der Waals surface area contributed by atoms with Gasteiger partial charge in [-0.15, -0.1) is 0 Å². The van der Waals surface area contributed by atoms with Crippen LogP contribution in [0.4, 0.5) is 17.1 Å². The van der Waals surface area contributed by atoms with E-state index in [1.807, 2.05) is 0 Å². The Hall–Kier alpha value is -6.18. The first-order chi connectivity index (χ1) is 25.0. The minimum Gasteiger partial charge on any atom is -0.310 e. The third kappa shape index (κ3) is 4.28. The highest BCUT2D eigenvalue weighted by atomic mass is 15.1. The number of hydrogen-bond donors (Lipinski definition) is 0. The number of nitrogens with zero attached hydrogens (tertiary/aromatic N) is 1. The van der Waals surface area contributed by atoms with Crippen LogP contribution in [-0.4, -0.2) is 0 Å². The second-order valence-corrected chi connectivity index (χ2v) is 14.5. The largest absolute Gasteiger partial charge is 0.310 e. The Bertz CT molecular complexity index is 2560. The number of rotatable bonds is 5. The van der Waals surface area contributed by atoms with Crippen LogP contribution in [0.2, 0.25) is 0 Å². The van der Waals surface area contributed by atoms with Crippen molar-refractivity contribution in [3.8, 4) is 22.3 Å². The van der Waals surface area contributed by atoms with Gasteiger partial charge in [0.05, 0.1) is 5.41 Å². The summed E-state index contributed by atoms with van der Waals surface area (Å²) in [4.78, 5) is 2.44. The van der Waals surface area contributed by atoms with Gasteiger partial charge in [-0.05, 0) is 115 Å². The average molecular weight is 652 g/mol. The quantitative estimate of drug-likeness (QED) is 0.179. The molecule has 0 fully saturated rings. The van der Waals surface area contributed by atoms with E-state index in [0.717, 1.165) is 17.1 Å². The van der Waals surface area contributed by atoms with Crippen LogP contribution in [0.15, 0.2) is 188 Å². The zero-order valence-corrected chi connectivity index (χ0v) is 28.8. The number of fused-ring (bicyclic) bond motifs is 7. The molecule has 0 amide bonds. The Morgan fingerprint density at radius 3 is 1.57 bits per heavy atom. The van der Waals surface area contributed by atoms with Gasteiger partial charge in [0, 0.05) is 22.5 Å². The predicted molar refractivity (Wildman–Crippen MR) is 213 cm³/mol. The van der Waals surface area contributed by atoms with Crippen molar-refractivity contribution in [2.45, 2.75) is 24.7 Å². The SMILES string of the molecule is CC1(C)c2ccc(N(c3ccccc3)c3ccc4c(c3)C(c3ccccc3)(c3ccccc3)c3ccccc3-4)cc2-c2cc3ccccc3cc21. The van der Waals surface area contributed by atoms with Crippen LogP contribution in [0, 0.1) is 0 Å². The van der Waals surface area contributed by atoms with Crippen molar-refractivity contribution in [2.75, 3.05) is 4.90 Å². The van der Waals surface area contributed by atoms with Crippen LogP contribution >= 0.6 is 0 Å². The van der Waals surface area contributed by atoms with Gasteiger partial charge < -0.3 is 4.90 Å². The Kier molecular flexibility index (Phi) is 6.51. The molecule has 2 aliphatic rings. The van der Waals surface area contributed by atoms with E-state index in [0.29, 0.717) is 0 Å². The summed E-state index contributed by atoms with van der Waals surface area (Å²) in [6, 6.07) is 69.7. The van der Waals surface area contributed by atoms with Gasteiger partial charge in [-0.2, -0.15) is 0 Å². The molecule has 8 aromatic rings. The molecule has 51 heavy (non-hydrogen) atoms. The molecule has 0 aromatic heterocycles. The summed E-state index contributed by atoms with van der Waals surface area (Å²) in [5, 5.41) is 2.57. The predicted octanol–water partition coefficient (Wildman–Crippen LogP) is 13.0. The summed E-state index contributed by atoms with van der Waals surface area (Å²) in [6.07, 6.45) is 0. The molecule has 8 aromatic carbocycles. The number of para-hydroxylation sites is 1. The fourth-order valence-corrected chi connectivity index (χ4v) is 9.16. The molecule has 0 saturated heterocycles. The first-order valence-electron chi connectivity index (χ1n) is 17.9. The smallest absolute Gasteiger partial charge is 0.0714 e. The molecule has 242 valence electrons. The van der Waals surface area contributed by atoms with Crippen molar-refractivity contribution in [3.63, 3.8) is 0 Å². The van der Waals surface area contributed by atoms with Crippen LogP contribution in [0.3, 0.4) is 0 Å². The van der Waals surface area contributed by atoms with Gasteiger partial charge in [0.1, 0.15) is 0 Å². The third-order valence-corrected chi connectivity index (χ3v) is 11.5. The van der Waals surface area contributed by atoms with Crippen LogP contribution in [-0.2, 0) is 10.8 Å². The molecule has 1 heteroatoms. The molecule has 0 saturated carbocycles. The summed E-state index contributed by atoms with van der Waals surface area (Å²) in [5.74, 6) is 0. The molecule has 1 nitrogen and oxygen atoms in total. The highest BCUT2D eigenvalue weighted by molar-refractivity contribution is 5.95. The third-order valence-electron chi connectivity index (χ3n) is 11.5. The monoisotopic (exact) mass is 651 g/mol. The molecular formula is C50H37N. The molecule has 2 aliphatic carbocycles. The highest BCUT2D eigenvalue weighted by Crippen LogP contribution is 2.58. The van der Waals surface area contributed by atoms with Crippen molar-refractivity contribution in [2.24, 2.45) is 0 Å². The lowest BCUT2D eigenvalue weighted by molar-refractivity contribution is 0.661. The lowest BCUT2D eigenvalue weighted by Gasteiger charge is -2.35. The second-order valence-electron chi connectivity index (χ2n) is 14.5. The van der Waals surface area contributed by atoms with Crippen LogP contribution in [0.5, 0.6) is 0 Å². The van der Waals surface area contributed by atoms with E-state index in [-0.39, 0.29) is 5.41 Å². The Balaban J connectivity index is 1.22. The van der Waals surface area contributed by atoms with E-state index < -0.39 is 5.41 Å². The van der Waals surface area contributed by atoms with Crippen LogP contribution in [0.25, 0.3) is 33.0 Å². The Labute approximate surface area is 300 Å². The number of hydrogen-bond acceptors (Lipinski definition) is 1. The maximum absolute atomic E-state index is 2.46. The van der Waals surface area contributed by atoms with Gasteiger partial charge in [0.25, 0.3) is 0 Å². The van der Waals surface area contributed by atoms with Gasteiger partial charge in [0.15, 0.2) is 0 Å². The van der Waals surface area contributed by atoms with E-state index in [4.69, 9.17) is 0 Å². The molecule has 0 spiro atoms. The molecule has 0 bridgehead atoms. The van der Waals surface area contributed by atoms with Crippen LogP contribution < -0.4 is 4.90 Å². The van der Waals surface area contributed by atoms with Gasteiger partial charge in [-0.3, -0.25) is 0 Å². The van der Waals surface area contributed by atoms with Gasteiger partial charge in [-0.25, -0.2) is 0 Å². The first kappa shape index (κ1) is 29.7. The van der Waals surface area contributed by atoms with Crippen molar-refractivity contribution < 1.29 is 0 Å². The molecule has 10 rings (SSSR count). The fraction of sp³-hybridized carbons (Fsp3) is 0.0800. The first-order valence-corrected chi connectivity index (χ1v) is 17.9. The summed E-state index contributed by atoms with van der Waals surface area (Å²) in [6.45, 7) is 4.73. The average Bonchev–Trinajstić information content (AvgIpc) is 3.60. The van der Waals surface area contributed by atoms with Crippen LogP contribution in [0.1, 0.15) is 47.2 Å². The molecule has 0 heterocycles. The Morgan fingerprint density at radius 2 is 0.863 bits per heavy atom. The summed E-state index contributed by atoms with van der Waals surface area (Å²) in [7, 11) is 0. The van der Waals surface area contributed by atoms with Crippen molar-refractivity contribution in [3.05, 3.63) is 221 Å². The molecule has 0 radical (unpaired) electrons. The molecular weight excluding hydrogens is 615 g/mol. The summed E-state index contributed by atoms with van der Waals surface area (Å²) >= 11 is 0. The van der Waals surface area contributed by atoms with Gasteiger partial charge >= 0.3 is 0 Å². The van der Waals surface area contributed by atoms with Crippen molar-refractivity contribution >= 4 is 27.8 Å². The van der Waals surface area contributed by atoms with Crippen molar-refractivity contribution in [1.29, 1.82) is 0 Å². The van der Waals surface area contributed by atoms with Gasteiger partial charge in [0.2, 0.25) is 0 Å². The van der Waals surface area contributed by atoms with E-state index in [1.165, 1.54) is 66.4 Å². The van der Waals surface area contributed by atoms with Gasteiger partial charge in [-0.1, -0.05) is 153 Å². The number of anilines is 3. The molecule has 0 N–H and O–H groups in total. The van der Waals surface area contributed by atoms with E-state index in [9.17, 15) is 0 Å². The lowest BCUT2D eigenvalue weighted by Crippen LogP contribution is -2.28.